The first kappa shape index (κ1) is 24.2. The highest BCUT2D eigenvalue weighted by Crippen LogP contribution is 2.48. The Kier molecular flexibility index (Phi) is 5.54. The van der Waals surface area contributed by atoms with Crippen LogP contribution in [0.5, 0.6) is 0 Å². The number of amides is 2. The largest absolute Gasteiger partial charge is 0.352 e. The summed E-state index contributed by atoms with van der Waals surface area (Å²) in [5.41, 5.74) is 2.33. The zero-order chi connectivity index (χ0) is 25.9. The molecule has 1 aromatic carbocycles. The summed E-state index contributed by atoms with van der Waals surface area (Å²) in [6, 6.07) is 7.22. The first-order chi connectivity index (χ1) is 16.9. The highest BCUT2D eigenvalue weighted by Gasteiger charge is 2.45. The number of fused-ring (bicyclic) bond motifs is 3. The molecule has 36 heavy (non-hydrogen) atoms. The van der Waals surface area contributed by atoms with E-state index >= 15 is 0 Å². The third-order valence-corrected chi connectivity index (χ3v) is 7.69. The summed E-state index contributed by atoms with van der Waals surface area (Å²) in [6.45, 7) is 11.3. The summed E-state index contributed by atoms with van der Waals surface area (Å²) in [7, 11) is 0. The number of carbonyl (C=O) groups is 3. The number of piperidine rings is 1. The number of H-pyrrole nitrogens is 1. The predicted molar refractivity (Wildman–Crippen MR) is 137 cm³/mol. The van der Waals surface area contributed by atoms with Gasteiger partial charge in [-0.1, -0.05) is 27.7 Å². The maximum atomic E-state index is 13.4. The molecule has 188 valence electrons. The highest BCUT2D eigenvalue weighted by molar-refractivity contribution is 6.08. The molecule has 1 fully saturated rings. The summed E-state index contributed by atoms with van der Waals surface area (Å²) in [6.07, 6.45) is 5.27. The second-order valence-corrected chi connectivity index (χ2v) is 11.9. The summed E-state index contributed by atoms with van der Waals surface area (Å²) >= 11 is 0. The van der Waals surface area contributed by atoms with Crippen LogP contribution in [0, 0.1) is 5.41 Å². The van der Waals surface area contributed by atoms with E-state index in [9.17, 15) is 14.4 Å². The molecule has 2 amide bonds. The van der Waals surface area contributed by atoms with Gasteiger partial charge in [0.1, 0.15) is 0 Å². The second-order valence-electron chi connectivity index (χ2n) is 11.9. The number of aromatic nitrogens is 3. The van der Waals surface area contributed by atoms with E-state index in [1.807, 2.05) is 32.9 Å². The summed E-state index contributed by atoms with van der Waals surface area (Å²) in [4.78, 5) is 44.6. The van der Waals surface area contributed by atoms with Crippen LogP contribution in [-0.2, 0) is 5.41 Å². The molecule has 8 nitrogen and oxygen atoms in total. The van der Waals surface area contributed by atoms with Crippen molar-refractivity contribution < 1.29 is 14.4 Å². The molecule has 1 aliphatic heterocycles. The molecule has 0 saturated carbocycles. The molecule has 0 radical (unpaired) electrons. The molecule has 2 N–H and O–H groups in total. The number of nitrogens with one attached hydrogen (secondary N) is 2. The Morgan fingerprint density at radius 1 is 1.03 bits per heavy atom. The van der Waals surface area contributed by atoms with Gasteiger partial charge in [-0.15, -0.1) is 0 Å². The number of hydrogen-bond acceptors (Lipinski definition) is 5. The molecule has 8 heteroatoms. The van der Waals surface area contributed by atoms with Gasteiger partial charge in [-0.3, -0.25) is 14.4 Å². The lowest BCUT2D eigenvalue weighted by Crippen LogP contribution is -2.57. The standard InChI is InChI=1S/C28H33N5O3/c1-26(2)15-27(3,4)23(34)22-21(26)19-13-17(7-8-20(19)31-22)24(35)32-28(5)10-6-12-33(16-28)25(36)18-9-11-29-30-14-18/h7-9,11,13-14,31H,6,10,12,15-16H2,1-5H3,(H,32,35). The Labute approximate surface area is 210 Å². The lowest BCUT2D eigenvalue weighted by Gasteiger charge is -2.41. The Hall–Kier alpha value is -3.55. The Bertz CT molecular complexity index is 1370. The van der Waals surface area contributed by atoms with E-state index in [-0.39, 0.29) is 23.0 Å². The van der Waals surface area contributed by atoms with Crippen LogP contribution in [0.2, 0.25) is 0 Å². The Balaban J connectivity index is 1.41. The van der Waals surface area contributed by atoms with E-state index in [0.29, 0.717) is 29.9 Å². The third-order valence-electron chi connectivity index (χ3n) is 7.69. The molecule has 5 rings (SSSR count). The SMILES string of the molecule is CC1(NC(=O)c2ccc3[nH]c4c(c3c2)C(C)(C)CC(C)(C)C4=O)CCCN(C(=O)c2ccnnc2)C1. The fourth-order valence-electron chi connectivity index (χ4n) is 6.28. The van der Waals surface area contributed by atoms with Crippen LogP contribution >= 0.6 is 0 Å². The van der Waals surface area contributed by atoms with Gasteiger partial charge in [0.15, 0.2) is 5.78 Å². The minimum absolute atomic E-state index is 0.111. The summed E-state index contributed by atoms with van der Waals surface area (Å²) in [5, 5.41) is 11.7. The summed E-state index contributed by atoms with van der Waals surface area (Å²) < 4.78 is 0. The first-order valence-corrected chi connectivity index (χ1v) is 12.5. The van der Waals surface area contributed by atoms with Gasteiger partial charge in [0.2, 0.25) is 0 Å². The molecule has 1 saturated heterocycles. The molecule has 1 unspecified atom stereocenters. The maximum absolute atomic E-state index is 13.4. The van der Waals surface area contributed by atoms with E-state index < -0.39 is 11.0 Å². The average Bonchev–Trinajstić information content (AvgIpc) is 3.22. The quantitative estimate of drug-likeness (QED) is 0.574. The molecular weight excluding hydrogens is 454 g/mol. The van der Waals surface area contributed by atoms with Crippen LogP contribution in [0.15, 0.2) is 36.7 Å². The lowest BCUT2D eigenvalue weighted by molar-refractivity contribution is 0.0589. The number of rotatable bonds is 3. The number of nitrogens with zero attached hydrogens (tertiary/aromatic N) is 3. The molecule has 2 aliphatic rings. The van der Waals surface area contributed by atoms with Crippen molar-refractivity contribution >= 4 is 28.5 Å². The van der Waals surface area contributed by atoms with Crippen LogP contribution in [0.3, 0.4) is 0 Å². The van der Waals surface area contributed by atoms with E-state index in [1.165, 1.54) is 12.4 Å². The Morgan fingerprint density at radius 3 is 2.53 bits per heavy atom. The molecule has 1 atom stereocenters. The van der Waals surface area contributed by atoms with Crippen LogP contribution < -0.4 is 5.32 Å². The number of ketones is 1. The van der Waals surface area contributed by atoms with Gasteiger partial charge >= 0.3 is 0 Å². The van der Waals surface area contributed by atoms with Crippen LogP contribution in [-0.4, -0.2) is 56.3 Å². The number of likely N-dealkylation sites (tertiary alicyclic amines) is 1. The van der Waals surface area contributed by atoms with E-state index in [4.69, 9.17) is 0 Å². The Morgan fingerprint density at radius 2 is 1.81 bits per heavy atom. The molecule has 3 heterocycles. The average molecular weight is 488 g/mol. The number of aromatic amines is 1. The molecule has 0 bridgehead atoms. The van der Waals surface area contributed by atoms with Gasteiger partial charge in [-0.05, 0) is 61.4 Å². The van der Waals surface area contributed by atoms with E-state index in [2.05, 4.69) is 34.3 Å². The first-order valence-electron chi connectivity index (χ1n) is 12.5. The topological polar surface area (TPSA) is 108 Å². The van der Waals surface area contributed by atoms with E-state index in [1.54, 1.807) is 17.0 Å². The predicted octanol–water partition coefficient (Wildman–Crippen LogP) is 4.27. The van der Waals surface area contributed by atoms with Gasteiger partial charge < -0.3 is 15.2 Å². The van der Waals surface area contributed by atoms with Gasteiger partial charge in [0.25, 0.3) is 11.8 Å². The fourth-order valence-corrected chi connectivity index (χ4v) is 6.28. The molecule has 2 aromatic heterocycles. The van der Waals surface area contributed by atoms with Gasteiger partial charge in [0, 0.05) is 35.0 Å². The zero-order valence-corrected chi connectivity index (χ0v) is 21.6. The van der Waals surface area contributed by atoms with Crippen molar-refractivity contribution in [3.8, 4) is 0 Å². The van der Waals surface area contributed by atoms with Crippen molar-refractivity contribution in [1.29, 1.82) is 0 Å². The lowest BCUT2D eigenvalue weighted by atomic mass is 9.63. The monoisotopic (exact) mass is 487 g/mol. The van der Waals surface area contributed by atoms with Gasteiger partial charge in [0.05, 0.1) is 29.2 Å². The molecular formula is C28H33N5O3. The molecule has 0 spiro atoms. The van der Waals surface area contributed by atoms with E-state index in [0.717, 1.165) is 35.7 Å². The number of hydrogen-bond donors (Lipinski definition) is 2. The molecule has 1 aliphatic carbocycles. The zero-order valence-electron chi connectivity index (χ0n) is 21.6. The third kappa shape index (κ3) is 4.08. The summed E-state index contributed by atoms with van der Waals surface area (Å²) in [5.74, 6) is -0.183. The van der Waals surface area contributed by atoms with Crippen molar-refractivity contribution in [3.05, 3.63) is 59.0 Å². The fraction of sp³-hybridized carbons (Fsp3) is 0.464. The second kappa shape index (κ2) is 8.25. The van der Waals surface area contributed by atoms with Gasteiger partial charge in [-0.25, -0.2) is 0 Å². The minimum atomic E-state index is -0.558. The smallest absolute Gasteiger partial charge is 0.255 e. The van der Waals surface area contributed by atoms with Crippen molar-refractivity contribution in [2.75, 3.05) is 13.1 Å². The van der Waals surface area contributed by atoms with Crippen molar-refractivity contribution in [2.24, 2.45) is 5.41 Å². The maximum Gasteiger partial charge on any atom is 0.255 e. The van der Waals surface area contributed by atoms with Gasteiger partial charge in [-0.2, -0.15) is 10.2 Å². The van der Waals surface area contributed by atoms with Crippen LogP contribution in [0.25, 0.3) is 10.9 Å². The van der Waals surface area contributed by atoms with Crippen LogP contribution in [0.4, 0.5) is 0 Å². The number of benzene rings is 1. The number of Topliss-reactive ketones (excluding diaryl/α,β-unsaturated/α-hetero) is 1. The van der Waals surface area contributed by atoms with Crippen LogP contribution in [0.1, 0.15) is 90.6 Å². The van der Waals surface area contributed by atoms with Crippen molar-refractivity contribution in [2.45, 2.75) is 64.8 Å². The normalized spacial score (nSPS) is 22.8. The van der Waals surface area contributed by atoms with Crippen molar-refractivity contribution in [1.82, 2.24) is 25.4 Å². The number of carbonyl (C=O) groups excluding carboxylic acids is 3. The minimum Gasteiger partial charge on any atom is -0.352 e. The van der Waals surface area contributed by atoms with Crippen molar-refractivity contribution in [3.63, 3.8) is 0 Å². The molecule has 3 aromatic rings. The highest BCUT2D eigenvalue weighted by atomic mass is 16.2.